The largest absolute Gasteiger partial charge is 0.492 e. The topological polar surface area (TPSA) is 64.1 Å². The second-order valence-corrected chi connectivity index (χ2v) is 6.14. The fourth-order valence-corrected chi connectivity index (χ4v) is 2.57. The lowest BCUT2D eigenvalue weighted by atomic mass is 10.3. The molecule has 2 rings (SSSR count). The molecule has 1 aliphatic heterocycles. The van der Waals surface area contributed by atoms with E-state index in [1.807, 2.05) is 25.1 Å². The van der Waals surface area contributed by atoms with Crippen molar-refractivity contribution in [1.29, 1.82) is 0 Å². The minimum atomic E-state index is 0.263. The molecular weight excluding hydrogens is 342 g/mol. The maximum Gasteiger partial charge on any atom is 0.191 e. The summed E-state index contributed by atoms with van der Waals surface area (Å²) in [4.78, 5) is 4.54. The van der Waals surface area contributed by atoms with Gasteiger partial charge in [0.2, 0.25) is 0 Å². The first-order valence-electron chi connectivity index (χ1n) is 8.88. The van der Waals surface area contributed by atoms with E-state index in [4.69, 9.17) is 25.8 Å². The Morgan fingerprint density at radius 2 is 2.28 bits per heavy atom. The summed E-state index contributed by atoms with van der Waals surface area (Å²) in [6.07, 6.45) is 2.16. The Hall–Kier alpha value is -1.50. The third kappa shape index (κ3) is 8.43. The van der Waals surface area contributed by atoms with Gasteiger partial charge in [-0.15, -0.1) is 0 Å². The molecule has 7 heteroatoms. The summed E-state index contributed by atoms with van der Waals surface area (Å²) < 4.78 is 16.7. The molecule has 0 aromatic heterocycles. The third-order valence-electron chi connectivity index (χ3n) is 3.62. The molecular formula is C18H28ClN3O3. The molecule has 1 aliphatic rings. The van der Waals surface area contributed by atoms with Gasteiger partial charge < -0.3 is 24.8 Å². The van der Waals surface area contributed by atoms with Gasteiger partial charge in [0.25, 0.3) is 0 Å². The van der Waals surface area contributed by atoms with Gasteiger partial charge in [0.05, 0.1) is 19.3 Å². The lowest BCUT2D eigenvalue weighted by Crippen LogP contribution is -2.39. The fraction of sp³-hybridized carbons (Fsp3) is 0.611. The minimum absolute atomic E-state index is 0.263. The van der Waals surface area contributed by atoms with E-state index < -0.39 is 0 Å². The molecule has 1 fully saturated rings. The van der Waals surface area contributed by atoms with Crippen molar-refractivity contribution in [3.63, 3.8) is 0 Å². The first-order chi connectivity index (χ1) is 12.3. The summed E-state index contributed by atoms with van der Waals surface area (Å²) in [7, 11) is 0. The van der Waals surface area contributed by atoms with E-state index in [-0.39, 0.29) is 6.10 Å². The van der Waals surface area contributed by atoms with Gasteiger partial charge in [0, 0.05) is 31.3 Å². The predicted octanol–water partition coefficient (Wildman–Crippen LogP) is 2.47. The Morgan fingerprint density at radius 1 is 1.36 bits per heavy atom. The highest BCUT2D eigenvalue weighted by molar-refractivity contribution is 6.30. The first kappa shape index (κ1) is 19.8. The van der Waals surface area contributed by atoms with E-state index in [0.717, 1.165) is 57.5 Å². The van der Waals surface area contributed by atoms with Crippen molar-refractivity contribution in [3.05, 3.63) is 29.3 Å². The monoisotopic (exact) mass is 369 g/mol. The first-order valence-corrected chi connectivity index (χ1v) is 9.25. The summed E-state index contributed by atoms with van der Waals surface area (Å²) >= 11 is 5.93. The molecule has 2 N–H and O–H groups in total. The Balaban J connectivity index is 1.59. The second kappa shape index (κ2) is 12.0. The van der Waals surface area contributed by atoms with Crippen LogP contribution in [-0.2, 0) is 9.47 Å². The number of guanidine groups is 1. The molecule has 0 amide bonds. The number of benzene rings is 1. The van der Waals surface area contributed by atoms with Crippen LogP contribution in [0.2, 0.25) is 5.02 Å². The van der Waals surface area contributed by atoms with Gasteiger partial charge in [0.1, 0.15) is 12.4 Å². The summed E-state index contributed by atoms with van der Waals surface area (Å²) in [6.45, 7) is 7.03. The summed E-state index contributed by atoms with van der Waals surface area (Å²) in [5, 5.41) is 7.15. The molecule has 1 saturated heterocycles. The molecule has 1 heterocycles. The molecule has 6 nitrogen and oxygen atoms in total. The molecule has 1 aromatic carbocycles. The van der Waals surface area contributed by atoms with Crippen LogP contribution in [-0.4, -0.2) is 58.1 Å². The second-order valence-electron chi connectivity index (χ2n) is 5.70. The predicted molar refractivity (Wildman–Crippen MR) is 101 cm³/mol. The Bertz CT molecular complexity index is 522. The SMILES string of the molecule is CCNC(=NCCCOC1CCOC1)NCCOc1cccc(Cl)c1. The van der Waals surface area contributed by atoms with Gasteiger partial charge in [-0.25, -0.2) is 0 Å². The van der Waals surface area contributed by atoms with Crippen molar-refractivity contribution in [2.75, 3.05) is 46.1 Å². The van der Waals surface area contributed by atoms with Crippen LogP contribution in [0.5, 0.6) is 5.75 Å². The van der Waals surface area contributed by atoms with Gasteiger partial charge >= 0.3 is 0 Å². The van der Waals surface area contributed by atoms with Crippen LogP contribution in [0.4, 0.5) is 0 Å². The van der Waals surface area contributed by atoms with Crippen LogP contribution >= 0.6 is 11.6 Å². The number of nitrogens with one attached hydrogen (secondary N) is 2. The number of rotatable bonds is 10. The van der Waals surface area contributed by atoms with E-state index in [9.17, 15) is 0 Å². The Labute approximate surface area is 154 Å². The van der Waals surface area contributed by atoms with E-state index >= 15 is 0 Å². The summed E-state index contributed by atoms with van der Waals surface area (Å²) in [6, 6.07) is 7.39. The normalized spacial score (nSPS) is 17.5. The van der Waals surface area contributed by atoms with Crippen LogP contribution in [0, 0.1) is 0 Å². The van der Waals surface area contributed by atoms with Crippen molar-refractivity contribution < 1.29 is 14.2 Å². The van der Waals surface area contributed by atoms with Gasteiger partial charge in [-0.2, -0.15) is 0 Å². The molecule has 1 atom stereocenters. The lowest BCUT2D eigenvalue weighted by Gasteiger charge is -2.12. The van der Waals surface area contributed by atoms with E-state index in [2.05, 4.69) is 15.6 Å². The van der Waals surface area contributed by atoms with Crippen LogP contribution in [0.1, 0.15) is 19.8 Å². The molecule has 0 aliphatic carbocycles. The molecule has 0 bridgehead atoms. The number of ether oxygens (including phenoxy) is 3. The molecule has 0 radical (unpaired) electrons. The zero-order valence-electron chi connectivity index (χ0n) is 14.8. The molecule has 1 aromatic rings. The molecule has 140 valence electrons. The molecule has 0 saturated carbocycles. The Morgan fingerprint density at radius 3 is 3.04 bits per heavy atom. The highest BCUT2D eigenvalue weighted by Gasteiger charge is 2.15. The number of hydrogen-bond acceptors (Lipinski definition) is 4. The van der Waals surface area contributed by atoms with Crippen molar-refractivity contribution in [3.8, 4) is 5.75 Å². The molecule has 25 heavy (non-hydrogen) atoms. The van der Waals surface area contributed by atoms with Crippen LogP contribution in [0.25, 0.3) is 0 Å². The standard InChI is InChI=1S/C18H28ClN3O3/c1-2-20-18(21-8-4-10-24-17-7-11-23-14-17)22-9-12-25-16-6-3-5-15(19)13-16/h3,5-6,13,17H,2,4,7-12,14H2,1H3,(H2,20,21,22). The van der Waals surface area contributed by atoms with Gasteiger partial charge in [0.15, 0.2) is 5.96 Å². The molecule has 1 unspecified atom stereocenters. The van der Waals surface area contributed by atoms with Gasteiger partial charge in [-0.3, -0.25) is 4.99 Å². The maximum atomic E-state index is 5.93. The zero-order chi connectivity index (χ0) is 17.7. The quantitative estimate of drug-likeness (QED) is 0.377. The van der Waals surface area contributed by atoms with E-state index in [0.29, 0.717) is 18.2 Å². The maximum absolute atomic E-state index is 5.93. The van der Waals surface area contributed by atoms with E-state index in [1.54, 1.807) is 6.07 Å². The van der Waals surface area contributed by atoms with Crippen molar-refractivity contribution in [1.82, 2.24) is 10.6 Å². The third-order valence-corrected chi connectivity index (χ3v) is 3.85. The lowest BCUT2D eigenvalue weighted by molar-refractivity contribution is 0.0424. The number of halogens is 1. The van der Waals surface area contributed by atoms with Gasteiger partial charge in [-0.05, 0) is 38.0 Å². The number of nitrogens with zero attached hydrogens (tertiary/aromatic N) is 1. The van der Waals surface area contributed by atoms with Crippen molar-refractivity contribution in [2.24, 2.45) is 4.99 Å². The number of aliphatic imine (C=N–C) groups is 1. The molecule has 0 spiro atoms. The highest BCUT2D eigenvalue weighted by Crippen LogP contribution is 2.16. The van der Waals surface area contributed by atoms with E-state index in [1.165, 1.54) is 0 Å². The van der Waals surface area contributed by atoms with Gasteiger partial charge in [-0.1, -0.05) is 17.7 Å². The average molecular weight is 370 g/mol. The van der Waals surface area contributed by atoms with Crippen molar-refractivity contribution in [2.45, 2.75) is 25.9 Å². The van der Waals surface area contributed by atoms with Crippen LogP contribution in [0.15, 0.2) is 29.3 Å². The smallest absolute Gasteiger partial charge is 0.191 e. The zero-order valence-corrected chi connectivity index (χ0v) is 15.6. The summed E-state index contributed by atoms with van der Waals surface area (Å²) in [5.74, 6) is 1.56. The average Bonchev–Trinajstić information content (AvgIpc) is 3.12. The van der Waals surface area contributed by atoms with Crippen LogP contribution in [0.3, 0.4) is 0 Å². The number of hydrogen-bond donors (Lipinski definition) is 2. The summed E-state index contributed by atoms with van der Waals surface area (Å²) in [5.41, 5.74) is 0. The fourth-order valence-electron chi connectivity index (χ4n) is 2.39. The highest BCUT2D eigenvalue weighted by atomic mass is 35.5. The minimum Gasteiger partial charge on any atom is -0.492 e. The van der Waals surface area contributed by atoms with Crippen LogP contribution < -0.4 is 15.4 Å². The Kier molecular flexibility index (Phi) is 9.47. The van der Waals surface area contributed by atoms with Crippen molar-refractivity contribution >= 4 is 17.6 Å².